The van der Waals surface area contributed by atoms with Gasteiger partial charge in [-0.25, -0.2) is 8.42 Å². The molecule has 2 aliphatic rings. The van der Waals surface area contributed by atoms with Gasteiger partial charge in [0.15, 0.2) is 0 Å². The summed E-state index contributed by atoms with van der Waals surface area (Å²) in [5.74, 6) is 0.426. The molecule has 0 aromatic heterocycles. The molecule has 1 aliphatic heterocycles. The zero-order chi connectivity index (χ0) is 17.9. The molecule has 0 atom stereocenters. The Balaban J connectivity index is 1.69. The summed E-state index contributed by atoms with van der Waals surface area (Å²) < 4.78 is 27.6. The molecule has 1 saturated carbocycles. The molecule has 1 N–H and O–H groups in total. The molecular formula is C18H25N3O3S. The van der Waals surface area contributed by atoms with Crippen LogP contribution in [0.5, 0.6) is 0 Å². The molecule has 1 heterocycles. The summed E-state index contributed by atoms with van der Waals surface area (Å²) in [6, 6.07) is 7.46. The third-order valence-electron chi connectivity index (χ3n) is 4.96. The van der Waals surface area contributed by atoms with Crippen LogP contribution in [0.3, 0.4) is 0 Å². The van der Waals surface area contributed by atoms with Gasteiger partial charge in [-0.2, -0.15) is 0 Å². The number of hydrogen-bond donors (Lipinski definition) is 1. The van der Waals surface area contributed by atoms with Crippen LogP contribution in [0.1, 0.15) is 19.3 Å². The van der Waals surface area contributed by atoms with E-state index in [4.69, 9.17) is 0 Å². The van der Waals surface area contributed by atoms with Gasteiger partial charge in [-0.05, 0) is 37.0 Å². The molecule has 0 bridgehead atoms. The van der Waals surface area contributed by atoms with Crippen LogP contribution in [0.4, 0.5) is 11.4 Å². The van der Waals surface area contributed by atoms with Crippen LogP contribution in [0, 0.1) is 5.92 Å². The van der Waals surface area contributed by atoms with Crippen molar-refractivity contribution in [1.82, 2.24) is 4.90 Å². The van der Waals surface area contributed by atoms with E-state index in [1.807, 2.05) is 18.2 Å². The quantitative estimate of drug-likeness (QED) is 0.786. The summed E-state index contributed by atoms with van der Waals surface area (Å²) >= 11 is 0. The molecule has 1 amide bonds. The third kappa shape index (κ3) is 4.34. The molecule has 0 radical (unpaired) electrons. The summed E-state index contributed by atoms with van der Waals surface area (Å²) in [5, 5.41) is 0. The smallest absolute Gasteiger partial charge is 0.246 e. The number of carbonyl (C=O) groups is 1. The second-order valence-corrected chi connectivity index (χ2v) is 8.48. The zero-order valence-corrected chi connectivity index (χ0v) is 15.2. The highest BCUT2D eigenvalue weighted by Gasteiger charge is 2.26. The maximum absolute atomic E-state index is 12.4. The van der Waals surface area contributed by atoms with Gasteiger partial charge in [0.1, 0.15) is 0 Å². The summed E-state index contributed by atoms with van der Waals surface area (Å²) in [6.07, 6.45) is 4.46. The number of sulfonamides is 1. The molecule has 0 spiro atoms. The van der Waals surface area contributed by atoms with Gasteiger partial charge in [-0.3, -0.25) is 9.52 Å². The average molecular weight is 363 g/mol. The first-order chi connectivity index (χ1) is 12.0. The number of carbonyl (C=O) groups excluding carboxylic acids is 1. The Bertz CT molecular complexity index is 736. The van der Waals surface area contributed by atoms with Crippen molar-refractivity contribution in [2.24, 2.45) is 5.92 Å². The molecule has 0 unspecified atom stereocenters. The lowest BCUT2D eigenvalue weighted by Gasteiger charge is -2.36. The Morgan fingerprint density at radius 1 is 1.20 bits per heavy atom. The number of anilines is 2. The van der Waals surface area contributed by atoms with Crippen molar-refractivity contribution >= 4 is 27.3 Å². The van der Waals surface area contributed by atoms with Gasteiger partial charge in [0.05, 0.1) is 17.1 Å². The number of piperazine rings is 1. The lowest BCUT2D eigenvalue weighted by Crippen LogP contribution is -2.48. The van der Waals surface area contributed by atoms with Crippen LogP contribution in [0.25, 0.3) is 0 Å². The number of nitrogens with zero attached hydrogens (tertiary/aromatic N) is 2. The van der Waals surface area contributed by atoms with Crippen molar-refractivity contribution in [2.75, 3.05) is 41.6 Å². The molecule has 6 nitrogen and oxygen atoms in total. The van der Waals surface area contributed by atoms with Gasteiger partial charge in [-0.15, -0.1) is 0 Å². The predicted octanol–water partition coefficient (Wildman–Crippen LogP) is 2.06. The van der Waals surface area contributed by atoms with Gasteiger partial charge in [0.2, 0.25) is 15.9 Å². The fraction of sp³-hybridized carbons (Fsp3) is 0.500. The van der Waals surface area contributed by atoms with Crippen LogP contribution in [-0.4, -0.2) is 51.2 Å². The Hall–Kier alpha value is -2.02. The Labute approximate surface area is 149 Å². The predicted molar refractivity (Wildman–Crippen MR) is 100 cm³/mol. The average Bonchev–Trinajstić information content (AvgIpc) is 2.58. The number of para-hydroxylation sites is 2. The van der Waals surface area contributed by atoms with Gasteiger partial charge >= 0.3 is 0 Å². The number of amides is 1. The van der Waals surface area contributed by atoms with Crippen LogP contribution in [0.2, 0.25) is 0 Å². The highest BCUT2D eigenvalue weighted by atomic mass is 32.2. The normalized spacial score (nSPS) is 18.6. The van der Waals surface area contributed by atoms with E-state index in [-0.39, 0.29) is 17.6 Å². The second-order valence-electron chi connectivity index (χ2n) is 6.71. The minimum absolute atomic E-state index is 0.0610. The van der Waals surface area contributed by atoms with Crippen molar-refractivity contribution in [3.05, 3.63) is 36.9 Å². The number of rotatable bonds is 6. The van der Waals surface area contributed by atoms with Crippen molar-refractivity contribution in [1.29, 1.82) is 0 Å². The first-order valence-electron chi connectivity index (χ1n) is 8.74. The van der Waals surface area contributed by atoms with Crippen LogP contribution in [0.15, 0.2) is 36.9 Å². The van der Waals surface area contributed by atoms with E-state index < -0.39 is 10.0 Å². The summed E-state index contributed by atoms with van der Waals surface area (Å²) in [4.78, 5) is 15.6. The lowest BCUT2D eigenvalue weighted by atomic mass is 9.87. The molecule has 7 heteroatoms. The fourth-order valence-electron chi connectivity index (χ4n) is 3.31. The number of nitrogens with one attached hydrogen (secondary N) is 1. The van der Waals surface area contributed by atoms with E-state index in [0.29, 0.717) is 31.9 Å². The van der Waals surface area contributed by atoms with E-state index in [1.54, 1.807) is 11.0 Å². The maximum atomic E-state index is 12.4. The van der Waals surface area contributed by atoms with E-state index >= 15 is 0 Å². The second kappa shape index (κ2) is 7.47. The molecular weight excluding hydrogens is 338 g/mol. The van der Waals surface area contributed by atoms with Crippen molar-refractivity contribution < 1.29 is 13.2 Å². The van der Waals surface area contributed by atoms with E-state index in [0.717, 1.165) is 24.9 Å². The number of benzene rings is 1. The first kappa shape index (κ1) is 17.8. The van der Waals surface area contributed by atoms with E-state index in [2.05, 4.69) is 16.2 Å². The van der Waals surface area contributed by atoms with Crippen molar-refractivity contribution in [2.45, 2.75) is 19.3 Å². The van der Waals surface area contributed by atoms with Crippen molar-refractivity contribution in [3.63, 3.8) is 0 Å². The topological polar surface area (TPSA) is 69.7 Å². The minimum Gasteiger partial charge on any atom is -0.366 e. The molecule has 1 saturated heterocycles. The Kier molecular flexibility index (Phi) is 5.32. The van der Waals surface area contributed by atoms with Gasteiger partial charge in [0.25, 0.3) is 0 Å². The van der Waals surface area contributed by atoms with E-state index in [9.17, 15) is 13.2 Å². The Morgan fingerprint density at radius 2 is 1.88 bits per heavy atom. The number of hydrogen-bond acceptors (Lipinski definition) is 4. The van der Waals surface area contributed by atoms with Crippen molar-refractivity contribution in [3.8, 4) is 0 Å². The molecule has 3 rings (SSSR count). The largest absolute Gasteiger partial charge is 0.366 e. The highest BCUT2D eigenvalue weighted by molar-refractivity contribution is 7.92. The third-order valence-corrected chi connectivity index (χ3v) is 6.40. The monoisotopic (exact) mass is 363 g/mol. The van der Waals surface area contributed by atoms with Crippen LogP contribution >= 0.6 is 0 Å². The minimum atomic E-state index is -3.34. The molecule has 2 fully saturated rings. The fourth-order valence-corrected chi connectivity index (χ4v) is 4.86. The van der Waals surface area contributed by atoms with E-state index in [1.165, 1.54) is 6.08 Å². The van der Waals surface area contributed by atoms with Gasteiger partial charge < -0.3 is 9.80 Å². The van der Waals surface area contributed by atoms with Gasteiger partial charge in [0, 0.05) is 26.2 Å². The zero-order valence-electron chi connectivity index (χ0n) is 14.4. The summed E-state index contributed by atoms with van der Waals surface area (Å²) in [6.45, 7) is 6.07. The maximum Gasteiger partial charge on any atom is 0.246 e. The van der Waals surface area contributed by atoms with Crippen LogP contribution in [-0.2, 0) is 14.8 Å². The standard InChI is InChI=1S/C18H25N3O3S/c1-2-18(22)21-12-10-20(11-13-21)17-9-4-3-8-16(17)19-25(23,24)14-15-6-5-7-15/h2-4,8-9,15,19H,1,5-7,10-14H2. The van der Waals surface area contributed by atoms with Crippen LogP contribution < -0.4 is 9.62 Å². The molecule has 1 aromatic rings. The summed E-state index contributed by atoms with van der Waals surface area (Å²) in [7, 11) is -3.34. The lowest BCUT2D eigenvalue weighted by molar-refractivity contribution is -0.126. The molecule has 25 heavy (non-hydrogen) atoms. The first-order valence-corrected chi connectivity index (χ1v) is 10.4. The Morgan fingerprint density at radius 3 is 2.48 bits per heavy atom. The SMILES string of the molecule is C=CC(=O)N1CCN(c2ccccc2NS(=O)(=O)CC2CCC2)CC1. The molecule has 1 aromatic carbocycles. The molecule has 1 aliphatic carbocycles. The molecule has 136 valence electrons. The highest BCUT2D eigenvalue weighted by Crippen LogP contribution is 2.31. The summed E-state index contributed by atoms with van der Waals surface area (Å²) in [5.41, 5.74) is 1.48. The van der Waals surface area contributed by atoms with Gasteiger partial charge in [-0.1, -0.05) is 25.1 Å².